The van der Waals surface area contributed by atoms with Gasteiger partial charge in [0, 0.05) is 10.4 Å². The summed E-state index contributed by atoms with van der Waals surface area (Å²) >= 11 is 13.7. The van der Waals surface area contributed by atoms with Crippen molar-refractivity contribution in [1.82, 2.24) is 0 Å². The van der Waals surface area contributed by atoms with Crippen LogP contribution in [0.1, 0.15) is 44.9 Å². The smallest absolute Gasteiger partial charge is 0.204 e. The van der Waals surface area contributed by atoms with Gasteiger partial charge >= 0.3 is 0 Å². The van der Waals surface area contributed by atoms with E-state index in [4.69, 9.17) is 23.2 Å². The zero-order valence-electron chi connectivity index (χ0n) is 10.9. The molecule has 1 heterocycles. The van der Waals surface area contributed by atoms with Gasteiger partial charge < -0.3 is 0 Å². The van der Waals surface area contributed by atoms with E-state index in [-0.39, 0.29) is 5.78 Å². The van der Waals surface area contributed by atoms with Crippen LogP contribution in [0.3, 0.4) is 0 Å². The van der Waals surface area contributed by atoms with Gasteiger partial charge in [-0.2, -0.15) is 0 Å². The van der Waals surface area contributed by atoms with Gasteiger partial charge in [-0.25, -0.2) is 0 Å². The lowest BCUT2D eigenvalue weighted by atomic mass is 10.1. The molecular weight excluding hydrogens is 311 g/mol. The Morgan fingerprint density at radius 1 is 1.10 bits per heavy atom. The number of thiophene rings is 1. The van der Waals surface area contributed by atoms with Crippen molar-refractivity contribution in [3.63, 3.8) is 0 Å². The third-order valence-electron chi connectivity index (χ3n) is 3.67. The third-order valence-corrected chi connectivity index (χ3v) is 5.72. The standard InChI is InChI=1S/C16H14Cl2OS/c17-12-7-4-6-11(15(12)18)16(19)14-9-10-5-2-1-3-8-13(10)20-14/h4,6-7,9H,1-3,5,8H2. The van der Waals surface area contributed by atoms with Crippen molar-refractivity contribution in [3.8, 4) is 0 Å². The minimum absolute atomic E-state index is 0.0180. The Morgan fingerprint density at radius 3 is 2.75 bits per heavy atom. The molecule has 104 valence electrons. The van der Waals surface area contributed by atoms with Crippen LogP contribution in [0.15, 0.2) is 24.3 Å². The molecule has 0 radical (unpaired) electrons. The van der Waals surface area contributed by atoms with E-state index in [0.717, 1.165) is 17.7 Å². The van der Waals surface area contributed by atoms with Crippen molar-refractivity contribution in [2.75, 3.05) is 0 Å². The Balaban J connectivity index is 1.97. The molecule has 1 aromatic carbocycles. The van der Waals surface area contributed by atoms with E-state index in [0.29, 0.717) is 15.6 Å². The number of carbonyl (C=O) groups excluding carboxylic acids is 1. The van der Waals surface area contributed by atoms with Gasteiger partial charge in [0.2, 0.25) is 5.78 Å². The first-order chi connectivity index (χ1) is 9.66. The van der Waals surface area contributed by atoms with Crippen molar-refractivity contribution in [2.24, 2.45) is 0 Å². The molecule has 1 aliphatic rings. The third kappa shape index (κ3) is 2.65. The van der Waals surface area contributed by atoms with E-state index in [2.05, 4.69) is 0 Å². The SMILES string of the molecule is O=C(c1cc2c(s1)CCCCC2)c1cccc(Cl)c1Cl. The quantitative estimate of drug-likeness (QED) is 0.522. The monoisotopic (exact) mass is 324 g/mol. The molecule has 1 aliphatic carbocycles. The summed E-state index contributed by atoms with van der Waals surface area (Å²) in [5.74, 6) is -0.0180. The summed E-state index contributed by atoms with van der Waals surface area (Å²) in [5.41, 5.74) is 1.84. The van der Waals surface area contributed by atoms with Crippen molar-refractivity contribution in [1.29, 1.82) is 0 Å². The number of halogens is 2. The lowest BCUT2D eigenvalue weighted by molar-refractivity contribution is 0.104. The van der Waals surface area contributed by atoms with Crippen molar-refractivity contribution >= 4 is 40.3 Å². The Morgan fingerprint density at radius 2 is 1.90 bits per heavy atom. The summed E-state index contributed by atoms with van der Waals surface area (Å²) < 4.78 is 0. The van der Waals surface area contributed by atoms with E-state index in [1.165, 1.54) is 29.7 Å². The number of carbonyl (C=O) groups is 1. The van der Waals surface area contributed by atoms with E-state index in [1.54, 1.807) is 29.5 Å². The molecule has 2 aromatic rings. The predicted molar refractivity (Wildman–Crippen MR) is 85.5 cm³/mol. The highest BCUT2D eigenvalue weighted by Gasteiger charge is 2.20. The molecule has 0 N–H and O–H groups in total. The molecule has 0 aliphatic heterocycles. The number of fused-ring (bicyclic) bond motifs is 1. The summed E-state index contributed by atoms with van der Waals surface area (Å²) in [6.07, 6.45) is 5.90. The molecule has 0 fully saturated rings. The minimum Gasteiger partial charge on any atom is -0.288 e. The minimum atomic E-state index is -0.0180. The summed E-state index contributed by atoms with van der Waals surface area (Å²) in [5, 5.41) is 0.776. The van der Waals surface area contributed by atoms with Crippen molar-refractivity contribution < 1.29 is 4.79 Å². The maximum Gasteiger partial charge on any atom is 0.204 e. The summed E-state index contributed by atoms with van der Waals surface area (Å²) in [7, 11) is 0. The van der Waals surface area contributed by atoms with Gasteiger partial charge in [0.1, 0.15) is 0 Å². The van der Waals surface area contributed by atoms with Gasteiger partial charge in [0.25, 0.3) is 0 Å². The molecule has 1 nitrogen and oxygen atoms in total. The average molecular weight is 325 g/mol. The second-order valence-electron chi connectivity index (χ2n) is 5.05. The molecular formula is C16H14Cl2OS. The van der Waals surface area contributed by atoms with E-state index in [1.807, 2.05) is 6.07 Å². The van der Waals surface area contributed by atoms with E-state index >= 15 is 0 Å². The first kappa shape index (κ1) is 14.1. The van der Waals surface area contributed by atoms with Gasteiger partial charge in [0.05, 0.1) is 14.9 Å². The van der Waals surface area contributed by atoms with Gasteiger partial charge in [-0.1, -0.05) is 35.7 Å². The zero-order chi connectivity index (χ0) is 14.1. The van der Waals surface area contributed by atoms with Gasteiger partial charge in [-0.05, 0) is 49.4 Å². The van der Waals surface area contributed by atoms with Gasteiger partial charge in [-0.3, -0.25) is 4.79 Å². The van der Waals surface area contributed by atoms with E-state index in [9.17, 15) is 4.79 Å². The molecule has 0 saturated carbocycles. The van der Waals surface area contributed by atoms with Crippen LogP contribution < -0.4 is 0 Å². The summed E-state index contributed by atoms with van der Waals surface area (Å²) in [6.45, 7) is 0. The zero-order valence-corrected chi connectivity index (χ0v) is 13.2. The fourth-order valence-corrected chi connectivity index (χ4v) is 4.19. The van der Waals surface area contributed by atoms with Crippen LogP contribution in [0.25, 0.3) is 0 Å². The molecule has 0 spiro atoms. The maximum absolute atomic E-state index is 12.6. The average Bonchev–Trinajstić information content (AvgIpc) is 2.72. The first-order valence-corrected chi connectivity index (χ1v) is 8.34. The number of hydrogen-bond donors (Lipinski definition) is 0. The molecule has 0 atom stereocenters. The summed E-state index contributed by atoms with van der Waals surface area (Å²) in [4.78, 5) is 14.7. The van der Waals surface area contributed by atoms with Crippen LogP contribution >= 0.6 is 34.5 Å². The normalized spacial score (nSPS) is 14.7. The van der Waals surface area contributed by atoms with Crippen LogP contribution in [-0.2, 0) is 12.8 Å². The fourth-order valence-electron chi connectivity index (χ4n) is 2.59. The molecule has 0 saturated heterocycles. The van der Waals surface area contributed by atoms with Crippen LogP contribution in [0.2, 0.25) is 10.0 Å². The van der Waals surface area contributed by atoms with Gasteiger partial charge in [0.15, 0.2) is 0 Å². The van der Waals surface area contributed by atoms with Crippen LogP contribution in [0.5, 0.6) is 0 Å². The Kier molecular flexibility index (Phi) is 4.16. The van der Waals surface area contributed by atoms with Crippen LogP contribution in [0, 0.1) is 0 Å². The van der Waals surface area contributed by atoms with Gasteiger partial charge in [-0.15, -0.1) is 11.3 Å². The van der Waals surface area contributed by atoms with E-state index < -0.39 is 0 Å². The lowest BCUT2D eigenvalue weighted by Gasteiger charge is -2.03. The molecule has 0 unspecified atom stereocenters. The second-order valence-corrected chi connectivity index (χ2v) is 6.97. The van der Waals surface area contributed by atoms with Crippen LogP contribution in [0.4, 0.5) is 0 Å². The second kappa shape index (κ2) is 5.88. The number of rotatable bonds is 2. The summed E-state index contributed by atoms with van der Waals surface area (Å²) in [6, 6.07) is 7.25. The predicted octanol–water partition coefficient (Wildman–Crippen LogP) is 5.55. The first-order valence-electron chi connectivity index (χ1n) is 6.77. The topological polar surface area (TPSA) is 17.1 Å². The Hall–Kier alpha value is -0.830. The molecule has 1 aromatic heterocycles. The Labute approximate surface area is 132 Å². The fraction of sp³-hybridized carbons (Fsp3) is 0.312. The Bertz CT molecular complexity index is 637. The highest BCUT2D eigenvalue weighted by Crippen LogP contribution is 2.33. The maximum atomic E-state index is 12.6. The molecule has 0 amide bonds. The molecule has 0 bridgehead atoms. The molecule has 4 heteroatoms. The van der Waals surface area contributed by atoms with Crippen LogP contribution in [-0.4, -0.2) is 5.78 Å². The molecule has 20 heavy (non-hydrogen) atoms. The number of hydrogen-bond acceptors (Lipinski definition) is 2. The largest absolute Gasteiger partial charge is 0.288 e. The van der Waals surface area contributed by atoms with Crippen molar-refractivity contribution in [3.05, 3.63) is 55.2 Å². The highest BCUT2D eigenvalue weighted by molar-refractivity contribution is 7.14. The number of benzene rings is 1. The lowest BCUT2D eigenvalue weighted by Crippen LogP contribution is -1.99. The van der Waals surface area contributed by atoms with Crippen molar-refractivity contribution in [2.45, 2.75) is 32.1 Å². The molecule has 3 rings (SSSR count). The number of ketones is 1. The highest BCUT2D eigenvalue weighted by atomic mass is 35.5. The number of aryl methyl sites for hydroxylation is 2.